The Morgan fingerprint density at radius 1 is 1.18 bits per heavy atom. The number of ether oxygens (including phenoxy) is 1. The van der Waals surface area contributed by atoms with Gasteiger partial charge < -0.3 is 15.0 Å². The van der Waals surface area contributed by atoms with Crippen LogP contribution in [0.3, 0.4) is 0 Å². The number of rotatable bonds is 4. The van der Waals surface area contributed by atoms with E-state index in [0.717, 1.165) is 51.5 Å². The lowest BCUT2D eigenvalue weighted by Crippen LogP contribution is -2.53. The summed E-state index contributed by atoms with van der Waals surface area (Å²) in [6, 6.07) is 9.62. The van der Waals surface area contributed by atoms with Crippen LogP contribution in [-0.4, -0.2) is 47.1 Å². The number of halogens is 2. The molecule has 33 heavy (non-hydrogen) atoms. The highest BCUT2D eigenvalue weighted by molar-refractivity contribution is 14.1. The minimum Gasteiger partial charge on any atom is -0.477 e. The van der Waals surface area contributed by atoms with E-state index in [1.54, 1.807) is 12.4 Å². The molecule has 7 nitrogen and oxygen atoms in total. The first-order chi connectivity index (χ1) is 16.0. The number of piperidine rings is 1. The molecule has 1 fully saturated rings. The van der Waals surface area contributed by atoms with Gasteiger partial charge in [0.05, 0.1) is 26.5 Å². The van der Waals surface area contributed by atoms with Crippen molar-refractivity contribution in [2.45, 2.75) is 25.2 Å². The van der Waals surface area contributed by atoms with E-state index in [1.165, 1.54) is 0 Å². The molecule has 0 atom stereocenters. The van der Waals surface area contributed by atoms with Gasteiger partial charge in [0.2, 0.25) is 5.88 Å². The van der Waals surface area contributed by atoms with Crippen molar-refractivity contribution in [3.63, 3.8) is 0 Å². The average molecular weight is 576 g/mol. The largest absolute Gasteiger partial charge is 0.477 e. The minimum atomic E-state index is -0.146. The minimum absolute atomic E-state index is 0.132. The van der Waals surface area contributed by atoms with Crippen molar-refractivity contribution in [2.75, 3.05) is 31.1 Å². The second-order valence-corrected chi connectivity index (χ2v) is 9.75. The van der Waals surface area contributed by atoms with Crippen molar-refractivity contribution < 1.29 is 9.53 Å². The molecule has 0 saturated carbocycles. The number of hydrogen-bond acceptors (Lipinski definition) is 6. The highest BCUT2D eigenvalue weighted by Crippen LogP contribution is 2.41. The maximum atomic E-state index is 12.8. The summed E-state index contributed by atoms with van der Waals surface area (Å²) < 4.78 is 6.64. The SMILES string of the molecule is CCOc1ncccc1-c1ccc2c(n1)C(=O)NCC21CCN(c2nccc(Cl)c2I)CC1. The van der Waals surface area contributed by atoms with Crippen molar-refractivity contribution >= 4 is 45.9 Å². The standard InChI is InChI=1S/C24H23ClIN5O2/c1-2-33-23-15(4-3-10-28-23)18-6-5-16-20(30-18)22(32)29-14-24(16)8-12-31(13-9-24)21-19(26)17(25)7-11-27-21/h3-7,10-11H,2,8-9,12-14H2,1H3,(H,29,32). The number of aromatic nitrogens is 3. The predicted molar refractivity (Wildman–Crippen MR) is 136 cm³/mol. The molecule has 9 heteroatoms. The van der Waals surface area contributed by atoms with Gasteiger partial charge in [0, 0.05) is 37.4 Å². The Morgan fingerprint density at radius 2 is 2.00 bits per heavy atom. The molecule has 3 aromatic heterocycles. The van der Waals surface area contributed by atoms with Crippen LogP contribution in [0.4, 0.5) is 5.82 Å². The number of hydrogen-bond donors (Lipinski definition) is 1. The third-order valence-corrected chi connectivity index (χ3v) is 8.14. The van der Waals surface area contributed by atoms with E-state index in [2.05, 4.69) is 48.8 Å². The lowest BCUT2D eigenvalue weighted by Gasteiger charge is -2.45. The molecule has 1 amide bonds. The lowest BCUT2D eigenvalue weighted by molar-refractivity contribution is 0.0910. The summed E-state index contributed by atoms with van der Waals surface area (Å²) >= 11 is 8.57. The Balaban J connectivity index is 1.46. The summed E-state index contributed by atoms with van der Waals surface area (Å²) in [5, 5.41) is 3.80. The van der Waals surface area contributed by atoms with E-state index in [4.69, 9.17) is 21.3 Å². The Bertz CT molecular complexity index is 1210. The van der Waals surface area contributed by atoms with Crippen LogP contribution in [-0.2, 0) is 5.41 Å². The Kier molecular flexibility index (Phi) is 6.13. The molecule has 2 aliphatic heterocycles. The van der Waals surface area contributed by atoms with Crippen molar-refractivity contribution in [3.05, 3.63) is 62.6 Å². The average Bonchev–Trinajstić information content (AvgIpc) is 2.84. The van der Waals surface area contributed by atoms with Crippen LogP contribution >= 0.6 is 34.2 Å². The lowest BCUT2D eigenvalue weighted by atomic mass is 9.70. The third-order valence-electron chi connectivity index (χ3n) is 6.44. The fourth-order valence-corrected chi connectivity index (χ4v) is 5.50. The summed E-state index contributed by atoms with van der Waals surface area (Å²) in [5.74, 6) is 1.31. The van der Waals surface area contributed by atoms with E-state index in [1.807, 2.05) is 31.2 Å². The number of nitrogens with zero attached hydrogens (tertiary/aromatic N) is 4. The number of anilines is 1. The second-order valence-electron chi connectivity index (χ2n) is 8.26. The van der Waals surface area contributed by atoms with Gasteiger partial charge in [-0.3, -0.25) is 4.79 Å². The van der Waals surface area contributed by atoms with Gasteiger partial charge in [-0.2, -0.15) is 0 Å². The second kappa shape index (κ2) is 9.06. The van der Waals surface area contributed by atoms with Gasteiger partial charge in [-0.1, -0.05) is 17.7 Å². The molecule has 0 radical (unpaired) electrons. The Hall–Kier alpha value is -2.46. The molecule has 1 spiro atoms. The summed E-state index contributed by atoms with van der Waals surface area (Å²) in [6.45, 7) is 4.71. The molecule has 0 unspecified atom stereocenters. The first-order valence-corrected chi connectivity index (χ1v) is 12.4. The molecular formula is C24H23ClIN5O2. The maximum absolute atomic E-state index is 12.8. The molecule has 1 saturated heterocycles. The molecule has 0 aromatic carbocycles. The maximum Gasteiger partial charge on any atom is 0.270 e. The highest BCUT2D eigenvalue weighted by Gasteiger charge is 2.43. The van der Waals surface area contributed by atoms with Gasteiger partial charge in [-0.05, 0) is 72.2 Å². The first kappa shape index (κ1) is 22.3. The predicted octanol–water partition coefficient (Wildman–Crippen LogP) is 4.48. The molecular weight excluding hydrogens is 553 g/mol. The van der Waals surface area contributed by atoms with Crippen LogP contribution in [0.1, 0.15) is 35.8 Å². The van der Waals surface area contributed by atoms with E-state index in [0.29, 0.717) is 30.4 Å². The fraction of sp³-hybridized carbons (Fsp3) is 0.333. The zero-order valence-electron chi connectivity index (χ0n) is 18.1. The normalized spacial score (nSPS) is 16.9. The van der Waals surface area contributed by atoms with E-state index in [9.17, 15) is 4.79 Å². The van der Waals surface area contributed by atoms with Crippen LogP contribution < -0.4 is 15.0 Å². The fourth-order valence-electron chi connectivity index (χ4n) is 4.70. The van der Waals surface area contributed by atoms with Crippen LogP contribution in [0.15, 0.2) is 42.7 Å². The number of nitrogens with one attached hydrogen (secondary N) is 1. The van der Waals surface area contributed by atoms with Gasteiger partial charge in [-0.25, -0.2) is 15.0 Å². The quantitative estimate of drug-likeness (QED) is 0.463. The molecule has 1 N–H and O–H groups in total. The number of pyridine rings is 3. The molecule has 170 valence electrons. The van der Waals surface area contributed by atoms with Gasteiger partial charge in [0.15, 0.2) is 0 Å². The van der Waals surface area contributed by atoms with E-state index < -0.39 is 0 Å². The zero-order chi connectivity index (χ0) is 23.0. The van der Waals surface area contributed by atoms with Gasteiger partial charge in [-0.15, -0.1) is 0 Å². The van der Waals surface area contributed by atoms with Crippen LogP contribution in [0, 0.1) is 3.57 Å². The van der Waals surface area contributed by atoms with Crippen molar-refractivity contribution in [3.8, 4) is 17.1 Å². The van der Waals surface area contributed by atoms with Crippen LogP contribution in [0.5, 0.6) is 5.88 Å². The highest BCUT2D eigenvalue weighted by atomic mass is 127. The monoisotopic (exact) mass is 575 g/mol. The molecule has 5 heterocycles. The molecule has 3 aromatic rings. The Morgan fingerprint density at radius 3 is 2.79 bits per heavy atom. The zero-order valence-corrected chi connectivity index (χ0v) is 21.1. The first-order valence-electron chi connectivity index (χ1n) is 11.0. The van der Waals surface area contributed by atoms with Gasteiger partial charge in [0.1, 0.15) is 11.5 Å². The molecule has 0 bridgehead atoms. The molecule has 2 aliphatic rings. The molecule has 5 rings (SSSR count). The Labute approximate surface area is 211 Å². The summed E-state index contributed by atoms with van der Waals surface area (Å²) in [6.07, 6.45) is 5.23. The van der Waals surface area contributed by atoms with Gasteiger partial charge >= 0.3 is 0 Å². The summed E-state index contributed by atoms with van der Waals surface area (Å²) in [7, 11) is 0. The topological polar surface area (TPSA) is 80.2 Å². The third kappa shape index (κ3) is 4.03. The van der Waals surface area contributed by atoms with Crippen LogP contribution in [0.25, 0.3) is 11.3 Å². The van der Waals surface area contributed by atoms with Crippen molar-refractivity contribution in [1.82, 2.24) is 20.3 Å². The molecule has 0 aliphatic carbocycles. The number of carbonyl (C=O) groups excluding carboxylic acids is 1. The summed E-state index contributed by atoms with van der Waals surface area (Å²) in [4.78, 5) is 28.8. The number of amides is 1. The number of carbonyl (C=O) groups is 1. The van der Waals surface area contributed by atoms with E-state index >= 15 is 0 Å². The van der Waals surface area contributed by atoms with Crippen molar-refractivity contribution in [1.29, 1.82) is 0 Å². The number of fused-ring (bicyclic) bond motifs is 2. The van der Waals surface area contributed by atoms with E-state index in [-0.39, 0.29) is 11.3 Å². The smallest absolute Gasteiger partial charge is 0.270 e. The van der Waals surface area contributed by atoms with Crippen LogP contribution in [0.2, 0.25) is 5.02 Å². The van der Waals surface area contributed by atoms with Gasteiger partial charge in [0.25, 0.3) is 5.91 Å². The summed E-state index contributed by atoms with van der Waals surface area (Å²) in [5.41, 5.74) is 2.84. The van der Waals surface area contributed by atoms with Crippen molar-refractivity contribution in [2.24, 2.45) is 0 Å².